The lowest BCUT2D eigenvalue weighted by atomic mass is 9.48. The van der Waals surface area contributed by atoms with E-state index < -0.39 is 11.4 Å². The molecule has 2 nitrogen and oxygen atoms in total. The first-order valence-electron chi connectivity index (χ1n) is 6.47. The molecule has 0 amide bonds. The zero-order valence-electron chi connectivity index (χ0n) is 10.9. The number of halogens is 1. The second-order valence-corrected chi connectivity index (χ2v) is 5.45. The van der Waals surface area contributed by atoms with Gasteiger partial charge in [0.1, 0.15) is 5.82 Å². The van der Waals surface area contributed by atoms with Crippen LogP contribution in [0.15, 0.2) is 24.3 Å². The maximum Gasteiger partial charge on any atom is 0.314 e. The third-order valence-electron chi connectivity index (χ3n) is 4.66. The van der Waals surface area contributed by atoms with Crippen LogP contribution in [0.3, 0.4) is 0 Å². The zero-order valence-corrected chi connectivity index (χ0v) is 10.9. The van der Waals surface area contributed by atoms with Crippen molar-refractivity contribution < 1.29 is 14.3 Å². The summed E-state index contributed by atoms with van der Waals surface area (Å²) in [7, 11) is 0. The Morgan fingerprint density at radius 1 is 1.22 bits per heavy atom. The highest BCUT2D eigenvalue weighted by molar-refractivity contribution is 5.83. The molecule has 0 bridgehead atoms. The Morgan fingerprint density at radius 2 is 1.72 bits per heavy atom. The van der Waals surface area contributed by atoms with Crippen molar-refractivity contribution in [3.8, 4) is 0 Å². The van der Waals surface area contributed by atoms with Crippen LogP contribution in [0, 0.1) is 11.2 Å². The Bertz CT molecular complexity index is 438. The summed E-state index contributed by atoms with van der Waals surface area (Å²) in [6.07, 6.45) is 3.32. The number of hydrogen-bond acceptors (Lipinski definition) is 1. The molecule has 0 heterocycles. The lowest BCUT2D eigenvalue weighted by Gasteiger charge is -2.54. The molecule has 1 N–H and O–H groups in total. The van der Waals surface area contributed by atoms with Crippen LogP contribution in [0.25, 0.3) is 0 Å². The standard InChI is InChI=1S/C15H19FO2/c1-3-14(4-2)9-15(10-14,13(17)18)11-5-7-12(16)8-6-11/h5-8H,3-4,9-10H2,1-2H3,(H,17,18). The van der Waals surface area contributed by atoms with Gasteiger partial charge >= 0.3 is 5.97 Å². The van der Waals surface area contributed by atoms with Crippen molar-refractivity contribution in [2.24, 2.45) is 5.41 Å². The number of carbonyl (C=O) groups is 1. The number of hydrogen-bond donors (Lipinski definition) is 1. The molecule has 2 rings (SSSR count). The first-order valence-corrected chi connectivity index (χ1v) is 6.47. The fourth-order valence-electron chi connectivity index (χ4n) is 3.23. The van der Waals surface area contributed by atoms with E-state index in [0.717, 1.165) is 18.4 Å². The lowest BCUT2D eigenvalue weighted by Crippen LogP contribution is -2.54. The van der Waals surface area contributed by atoms with Crippen LogP contribution in [0.1, 0.15) is 45.1 Å². The summed E-state index contributed by atoms with van der Waals surface area (Å²) >= 11 is 0. The third-order valence-corrected chi connectivity index (χ3v) is 4.66. The SMILES string of the molecule is CCC1(CC)CC(C(=O)O)(c2ccc(F)cc2)C1. The van der Waals surface area contributed by atoms with Gasteiger partial charge in [-0.05, 0) is 36.0 Å². The summed E-state index contributed by atoms with van der Waals surface area (Å²) < 4.78 is 12.9. The zero-order chi connectivity index (χ0) is 13.4. The third kappa shape index (κ3) is 1.82. The summed E-state index contributed by atoms with van der Waals surface area (Å²) in [5.74, 6) is -1.11. The Labute approximate surface area is 107 Å². The maximum absolute atomic E-state index is 12.9. The first-order chi connectivity index (χ1) is 8.48. The predicted octanol–water partition coefficient (Wildman–Crippen LogP) is 3.75. The van der Waals surface area contributed by atoms with Gasteiger partial charge in [0.15, 0.2) is 0 Å². The van der Waals surface area contributed by atoms with Crippen LogP contribution in [0.5, 0.6) is 0 Å². The molecule has 1 aromatic rings. The molecule has 0 unspecified atom stereocenters. The highest BCUT2D eigenvalue weighted by atomic mass is 19.1. The average molecular weight is 250 g/mol. The largest absolute Gasteiger partial charge is 0.481 e. The first kappa shape index (κ1) is 13.1. The molecule has 0 aromatic heterocycles. The molecule has 0 saturated heterocycles. The van der Waals surface area contributed by atoms with E-state index >= 15 is 0 Å². The molecule has 0 atom stereocenters. The normalized spacial score (nSPS) is 20.2. The molecule has 1 saturated carbocycles. The number of benzene rings is 1. The number of carboxylic acid groups (broad SMARTS) is 1. The van der Waals surface area contributed by atoms with Gasteiger partial charge in [0.2, 0.25) is 0 Å². The second-order valence-electron chi connectivity index (χ2n) is 5.45. The quantitative estimate of drug-likeness (QED) is 0.883. The van der Waals surface area contributed by atoms with Crippen LogP contribution in [-0.2, 0) is 10.2 Å². The van der Waals surface area contributed by atoms with Crippen molar-refractivity contribution in [2.45, 2.75) is 44.9 Å². The Balaban J connectivity index is 2.32. The van der Waals surface area contributed by atoms with Crippen molar-refractivity contribution in [1.82, 2.24) is 0 Å². The average Bonchev–Trinajstić information content (AvgIpc) is 2.31. The predicted molar refractivity (Wildman–Crippen MR) is 68.0 cm³/mol. The fraction of sp³-hybridized carbons (Fsp3) is 0.533. The lowest BCUT2D eigenvalue weighted by molar-refractivity contribution is -0.155. The summed E-state index contributed by atoms with van der Waals surface area (Å²) in [4.78, 5) is 11.6. The van der Waals surface area contributed by atoms with Gasteiger partial charge in [-0.15, -0.1) is 0 Å². The smallest absolute Gasteiger partial charge is 0.314 e. The Kier molecular flexibility index (Phi) is 3.18. The molecular formula is C15H19FO2. The Hall–Kier alpha value is -1.38. The molecule has 0 radical (unpaired) electrons. The van der Waals surface area contributed by atoms with Gasteiger partial charge in [0.25, 0.3) is 0 Å². The van der Waals surface area contributed by atoms with E-state index in [-0.39, 0.29) is 11.2 Å². The minimum absolute atomic E-state index is 0.146. The fourth-order valence-corrected chi connectivity index (χ4v) is 3.23. The highest BCUT2D eigenvalue weighted by Crippen LogP contribution is 2.59. The number of aliphatic carboxylic acids is 1. The van der Waals surface area contributed by atoms with Crippen molar-refractivity contribution >= 4 is 5.97 Å². The van der Waals surface area contributed by atoms with Crippen molar-refractivity contribution in [3.05, 3.63) is 35.6 Å². The summed E-state index contributed by atoms with van der Waals surface area (Å²) in [6, 6.07) is 5.91. The van der Waals surface area contributed by atoms with Crippen molar-refractivity contribution in [1.29, 1.82) is 0 Å². The molecule has 1 fully saturated rings. The van der Waals surface area contributed by atoms with Gasteiger partial charge in [-0.1, -0.05) is 38.8 Å². The van der Waals surface area contributed by atoms with Gasteiger partial charge in [-0.3, -0.25) is 4.79 Å². The molecular weight excluding hydrogens is 231 g/mol. The van der Waals surface area contributed by atoms with Crippen LogP contribution in [-0.4, -0.2) is 11.1 Å². The molecule has 0 spiro atoms. The monoisotopic (exact) mass is 250 g/mol. The molecule has 98 valence electrons. The maximum atomic E-state index is 12.9. The van der Waals surface area contributed by atoms with Crippen LogP contribution in [0.4, 0.5) is 4.39 Å². The highest BCUT2D eigenvalue weighted by Gasteiger charge is 2.58. The van der Waals surface area contributed by atoms with E-state index in [9.17, 15) is 14.3 Å². The minimum atomic E-state index is -0.806. The molecule has 1 aromatic carbocycles. The molecule has 0 aliphatic heterocycles. The minimum Gasteiger partial charge on any atom is -0.481 e. The molecule has 18 heavy (non-hydrogen) atoms. The molecule has 1 aliphatic rings. The van der Waals surface area contributed by atoms with E-state index in [1.807, 2.05) is 0 Å². The van der Waals surface area contributed by atoms with E-state index in [1.54, 1.807) is 12.1 Å². The van der Waals surface area contributed by atoms with E-state index in [2.05, 4.69) is 13.8 Å². The summed E-state index contributed by atoms with van der Waals surface area (Å²) in [6.45, 7) is 4.22. The van der Waals surface area contributed by atoms with Gasteiger partial charge in [-0.25, -0.2) is 4.39 Å². The van der Waals surface area contributed by atoms with E-state index in [0.29, 0.717) is 12.8 Å². The topological polar surface area (TPSA) is 37.3 Å². The van der Waals surface area contributed by atoms with Gasteiger partial charge in [0.05, 0.1) is 5.41 Å². The van der Waals surface area contributed by atoms with Crippen molar-refractivity contribution in [3.63, 3.8) is 0 Å². The van der Waals surface area contributed by atoms with E-state index in [1.165, 1.54) is 12.1 Å². The van der Waals surface area contributed by atoms with E-state index in [4.69, 9.17) is 0 Å². The van der Waals surface area contributed by atoms with Gasteiger partial charge in [-0.2, -0.15) is 0 Å². The molecule has 1 aliphatic carbocycles. The summed E-state index contributed by atoms with van der Waals surface area (Å²) in [5.41, 5.74) is 0.0703. The van der Waals surface area contributed by atoms with Crippen LogP contribution >= 0.6 is 0 Å². The van der Waals surface area contributed by atoms with Gasteiger partial charge < -0.3 is 5.11 Å². The molecule has 3 heteroatoms. The number of carboxylic acids is 1. The van der Waals surface area contributed by atoms with Gasteiger partial charge in [0, 0.05) is 0 Å². The van der Waals surface area contributed by atoms with Crippen LogP contribution in [0.2, 0.25) is 0 Å². The Morgan fingerprint density at radius 3 is 2.11 bits per heavy atom. The van der Waals surface area contributed by atoms with Crippen LogP contribution < -0.4 is 0 Å². The second kappa shape index (κ2) is 4.38. The summed E-state index contributed by atoms with van der Waals surface area (Å²) in [5, 5.41) is 9.54. The number of rotatable bonds is 4. The van der Waals surface area contributed by atoms with Crippen molar-refractivity contribution in [2.75, 3.05) is 0 Å².